The Bertz CT molecular complexity index is 417. The smallest absolute Gasteiger partial charge is 0.224 e. The van der Waals surface area contributed by atoms with Crippen molar-refractivity contribution in [2.45, 2.75) is 4.90 Å². The Kier molecular flexibility index (Phi) is 2.00. The second-order valence-corrected chi connectivity index (χ2v) is 4.41. The Hall–Kier alpha value is -1.57. The van der Waals surface area contributed by atoms with Gasteiger partial charge in [-0.1, -0.05) is 0 Å². The molecule has 0 atom stereocenters. The molecular weight excluding hydrogens is 194 g/mol. The SMILES string of the molecule is CS(=O)(=O)c1c(N)nc(N)nc1N. The van der Waals surface area contributed by atoms with Crippen molar-refractivity contribution in [1.29, 1.82) is 0 Å². The Morgan fingerprint density at radius 1 is 1.08 bits per heavy atom. The topological polar surface area (TPSA) is 138 Å². The van der Waals surface area contributed by atoms with Crippen molar-refractivity contribution >= 4 is 27.4 Å². The van der Waals surface area contributed by atoms with E-state index in [4.69, 9.17) is 17.2 Å². The van der Waals surface area contributed by atoms with E-state index >= 15 is 0 Å². The molecule has 6 N–H and O–H groups in total. The molecule has 0 saturated carbocycles. The fourth-order valence-electron chi connectivity index (χ4n) is 0.884. The molecule has 0 aliphatic rings. The van der Waals surface area contributed by atoms with E-state index in [2.05, 4.69) is 9.97 Å². The van der Waals surface area contributed by atoms with Crippen molar-refractivity contribution in [1.82, 2.24) is 9.97 Å². The normalized spacial score (nSPS) is 11.5. The summed E-state index contributed by atoms with van der Waals surface area (Å²) in [6.07, 6.45) is 0.967. The first kappa shape index (κ1) is 9.52. The Morgan fingerprint density at radius 2 is 1.46 bits per heavy atom. The molecule has 72 valence electrons. The van der Waals surface area contributed by atoms with Gasteiger partial charge in [-0.25, -0.2) is 8.42 Å². The van der Waals surface area contributed by atoms with Crippen LogP contribution >= 0.6 is 0 Å². The van der Waals surface area contributed by atoms with Crippen LogP contribution in [0.15, 0.2) is 4.90 Å². The van der Waals surface area contributed by atoms with Crippen LogP contribution in [0, 0.1) is 0 Å². The molecule has 1 aromatic rings. The third kappa shape index (κ3) is 1.78. The van der Waals surface area contributed by atoms with Crippen molar-refractivity contribution in [3.63, 3.8) is 0 Å². The summed E-state index contributed by atoms with van der Waals surface area (Å²) in [4.78, 5) is 6.70. The number of nitrogens with two attached hydrogens (primary N) is 3. The maximum absolute atomic E-state index is 11.1. The van der Waals surface area contributed by atoms with E-state index in [1.165, 1.54) is 0 Å². The molecule has 0 spiro atoms. The predicted octanol–water partition coefficient (Wildman–Crippen LogP) is -1.37. The van der Waals surface area contributed by atoms with Gasteiger partial charge in [0.15, 0.2) is 14.7 Å². The van der Waals surface area contributed by atoms with Gasteiger partial charge in [0.05, 0.1) is 0 Å². The lowest BCUT2D eigenvalue weighted by atomic mass is 10.5. The van der Waals surface area contributed by atoms with Crippen LogP contribution in [0.25, 0.3) is 0 Å². The average molecular weight is 203 g/mol. The van der Waals surface area contributed by atoms with E-state index in [1.54, 1.807) is 0 Å². The van der Waals surface area contributed by atoms with Crippen LogP contribution in [0.1, 0.15) is 0 Å². The van der Waals surface area contributed by atoms with Crippen molar-refractivity contribution < 1.29 is 8.42 Å². The maximum atomic E-state index is 11.1. The van der Waals surface area contributed by atoms with E-state index in [9.17, 15) is 8.42 Å². The molecule has 0 aliphatic carbocycles. The monoisotopic (exact) mass is 203 g/mol. The molecule has 0 bridgehead atoms. The summed E-state index contributed by atoms with van der Waals surface area (Å²) in [5.74, 6) is -0.609. The minimum absolute atomic E-state index is 0.151. The van der Waals surface area contributed by atoms with Gasteiger partial charge in [0, 0.05) is 6.26 Å². The minimum atomic E-state index is -3.51. The number of sulfone groups is 1. The van der Waals surface area contributed by atoms with Crippen molar-refractivity contribution in [3.8, 4) is 0 Å². The van der Waals surface area contributed by atoms with Gasteiger partial charge in [-0.3, -0.25) is 0 Å². The highest BCUT2D eigenvalue weighted by Crippen LogP contribution is 2.21. The summed E-state index contributed by atoms with van der Waals surface area (Å²) in [7, 11) is -3.51. The molecule has 0 aliphatic heterocycles. The lowest BCUT2D eigenvalue weighted by molar-refractivity contribution is 0.602. The van der Waals surface area contributed by atoms with E-state index in [1.807, 2.05) is 0 Å². The number of nitrogens with zero attached hydrogens (tertiary/aromatic N) is 2. The van der Waals surface area contributed by atoms with Gasteiger partial charge in [-0.2, -0.15) is 9.97 Å². The molecule has 13 heavy (non-hydrogen) atoms. The van der Waals surface area contributed by atoms with Crippen molar-refractivity contribution in [2.75, 3.05) is 23.5 Å². The fourth-order valence-corrected chi connectivity index (χ4v) is 1.74. The Balaban J connectivity index is 3.57. The van der Waals surface area contributed by atoms with Gasteiger partial charge in [0.2, 0.25) is 5.95 Å². The highest BCUT2D eigenvalue weighted by Gasteiger charge is 2.18. The van der Waals surface area contributed by atoms with Crippen LogP contribution in [0.3, 0.4) is 0 Å². The summed E-state index contributed by atoms with van der Waals surface area (Å²) in [6, 6.07) is 0. The average Bonchev–Trinajstić information content (AvgIpc) is 1.78. The van der Waals surface area contributed by atoms with Crippen LogP contribution in [0.4, 0.5) is 17.6 Å². The van der Waals surface area contributed by atoms with E-state index in [0.717, 1.165) is 6.26 Å². The van der Waals surface area contributed by atoms with E-state index in [0.29, 0.717) is 0 Å². The molecule has 1 aromatic heterocycles. The van der Waals surface area contributed by atoms with Crippen LogP contribution in [-0.4, -0.2) is 24.6 Å². The first-order valence-electron chi connectivity index (χ1n) is 3.21. The summed E-state index contributed by atoms with van der Waals surface area (Å²) in [6.45, 7) is 0. The largest absolute Gasteiger partial charge is 0.382 e. The van der Waals surface area contributed by atoms with Crippen LogP contribution in [0.2, 0.25) is 0 Å². The number of anilines is 3. The molecule has 0 aromatic carbocycles. The molecule has 7 nitrogen and oxygen atoms in total. The molecule has 1 rings (SSSR count). The third-order valence-electron chi connectivity index (χ3n) is 1.31. The zero-order chi connectivity index (χ0) is 10.2. The van der Waals surface area contributed by atoms with Gasteiger partial charge in [-0.05, 0) is 0 Å². The molecule has 0 unspecified atom stereocenters. The predicted molar refractivity (Wildman–Crippen MR) is 48.4 cm³/mol. The summed E-state index contributed by atoms with van der Waals surface area (Å²) >= 11 is 0. The van der Waals surface area contributed by atoms with Crippen molar-refractivity contribution in [2.24, 2.45) is 0 Å². The standard InChI is InChI=1S/C5H9N5O2S/c1-13(11,12)2-3(6)9-5(8)10-4(2)7/h1H3,(H6,6,7,8,9,10). The minimum Gasteiger partial charge on any atom is -0.382 e. The molecule has 8 heteroatoms. The lowest BCUT2D eigenvalue weighted by Crippen LogP contribution is -2.12. The zero-order valence-electron chi connectivity index (χ0n) is 6.85. The van der Waals surface area contributed by atoms with Crippen LogP contribution < -0.4 is 17.2 Å². The summed E-state index contributed by atoms with van der Waals surface area (Å²) < 4.78 is 22.2. The number of hydrogen-bond donors (Lipinski definition) is 3. The molecule has 0 saturated heterocycles. The van der Waals surface area contributed by atoms with E-state index in [-0.39, 0.29) is 22.5 Å². The maximum Gasteiger partial charge on any atom is 0.224 e. The van der Waals surface area contributed by atoms with Gasteiger partial charge in [0.25, 0.3) is 0 Å². The number of rotatable bonds is 1. The zero-order valence-corrected chi connectivity index (χ0v) is 7.67. The number of aromatic nitrogens is 2. The van der Waals surface area contributed by atoms with E-state index < -0.39 is 9.84 Å². The quantitative estimate of drug-likeness (QED) is 0.511. The lowest BCUT2D eigenvalue weighted by Gasteiger charge is -2.05. The molecule has 0 amide bonds. The second-order valence-electron chi connectivity index (χ2n) is 2.45. The van der Waals surface area contributed by atoms with Crippen LogP contribution in [-0.2, 0) is 9.84 Å². The molecule has 0 radical (unpaired) electrons. The fraction of sp³-hybridized carbons (Fsp3) is 0.200. The second kappa shape index (κ2) is 2.73. The highest BCUT2D eigenvalue weighted by atomic mass is 32.2. The summed E-state index contributed by atoms with van der Waals surface area (Å²) in [5.41, 5.74) is 15.8. The molecular formula is C5H9N5O2S. The molecule has 1 heterocycles. The van der Waals surface area contributed by atoms with Crippen molar-refractivity contribution in [3.05, 3.63) is 0 Å². The first-order chi connectivity index (χ1) is 5.82. The number of hydrogen-bond acceptors (Lipinski definition) is 7. The summed E-state index contributed by atoms with van der Waals surface area (Å²) in [5, 5.41) is 0. The molecule has 0 fully saturated rings. The third-order valence-corrected chi connectivity index (χ3v) is 2.47. The number of nitrogen functional groups attached to an aromatic ring is 3. The van der Waals surface area contributed by atoms with Gasteiger partial charge < -0.3 is 17.2 Å². The Morgan fingerprint density at radius 3 is 1.77 bits per heavy atom. The van der Waals surface area contributed by atoms with Gasteiger partial charge >= 0.3 is 0 Å². The van der Waals surface area contributed by atoms with Crippen LogP contribution in [0.5, 0.6) is 0 Å². The van der Waals surface area contributed by atoms with Gasteiger partial charge in [0.1, 0.15) is 11.6 Å². The first-order valence-corrected chi connectivity index (χ1v) is 5.10. The van der Waals surface area contributed by atoms with Gasteiger partial charge in [-0.15, -0.1) is 0 Å². The Labute approximate surface area is 74.9 Å². The highest BCUT2D eigenvalue weighted by molar-refractivity contribution is 7.91.